The molecule has 9 rings (SSSR count). The number of halogens is 1. The number of rotatable bonds is 18. The van der Waals surface area contributed by atoms with Crippen molar-refractivity contribution in [1.29, 1.82) is 0 Å². The van der Waals surface area contributed by atoms with E-state index in [2.05, 4.69) is 21.1 Å². The van der Waals surface area contributed by atoms with E-state index in [0.29, 0.717) is 0 Å². The molecule has 80 heavy (non-hydrogen) atoms. The van der Waals surface area contributed by atoms with Crippen LogP contribution in [0.5, 0.6) is 0 Å². The maximum atomic E-state index is 14.5. The predicted molar refractivity (Wildman–Crippen MR) is 286 cm³/mol. The lowest BCUT2D eigenvalue weighted by Crippen LogP contribution is -2.66. The van der Waals surface area contributed by atoms with E-state index in [4.69, 9.17) is 47.5 Å². The number of esters is 6. The quantitative estimate of drug-likeness (QED) is 0.0257. The minimum Gasteiger partial charge on any atom is -0.459 e. The SMILES string of the molecule is O=C(OC[C@H]1O[C@@H](O[C@H]2[C@H](OC(=O)c3ccccc3)/C(=N/OC(=O)c3ccccc3)[C@@H](Br)O[C@@H]2COC(=O)c2ccccc2)[C@H](OC(=O)c2ccccc2)[C@@H](OC(=O)c2ccccc2)[C@H]1OC(=O)c1ccccc1)c1ccccc1. The largest absolute Gasteiger partial charge is 0.459 e. The summed E-state index contributed by atoms with van der Waals surface area (Å²) in [5.74, 6) is -6.44. The highest BCUT2D eigenvalue weighted by molar-refractivity contribution is 9.09. The first-order valence-corrected chi connectivity index (χ1v) is 25.9. The summed E-state index contributed by atoms with van der Waals surface area (Å²) < 4.78 is 56.8. The standard InChI is InChI=1S/C61H48BrNO17/c62-53-47(63-80-60(70)44-34-20-7-21-35-44)50(76-57(67)41-28-14-4-15-29-41)48(45(73-53)36-71-54(64)38-22-8-1-9-23-38)79-61-52(78-59(69)43-32-18-6-19-33-43)51(77-58(68)42-30-16-5-17-31-42)49(75-56(66)40-26-12-3-13-27-40)46(74-61)37-72-55(65)39-24-10-2-11-25-39/h1-35,45-46,48-53,61H,36-37H2/b63-47-/t45-,46-,48-,49+,50-,51+,52-,53+,61+/m1/s1. The summed E-state index contributed by atoms with van der Waals surface area (Å²) in [6.07, 6.45) is -14.4. The lowest BCUT2D eigenvalue weighted by Gasteiger charge is -2.47. The first-order valence-electron chi connectivity index (χ1n) is 24.9. The predicted octanol–water partition coefficient (Wildman–Crippen LogP) is 9.05. The van der Waals surface area contributed by atoms with E-state index in [1.165, 1.54) is 84.9 Å². The Labute approximate surface area is 466 Å². The van der Waals surface area contributed by atoms with Crippen LogP contribution in [0, 0.1) is 0 Å². The highest BCUT2D eigenvalue weighted by Gasteiger charge is 2.57. The topological polar surface area (TPSA) is 224 Å². The summed E-state index contributed by atoms with van der Waals surface area (Å²) in [6.45, 7) is -1.36. The molecule has 2 heterocycles. The fraction of sp³-hybridized carbons (Fsp3) is 0.180. The molecule has 0 bridgehead atoms. The lowest BCUT2D eigenvalue weighted by atomic mass is 9.96. The summed E-state index contributed by atoms with van der Waals surface area (Å²) >= 11 is 3.45. The van der Waals surface area contributed by atoms with Crippen molar-refractivity contribution < 1.29 is 81.0 Å². The first kappa shape index (κ1) is 55.6. The molecule has 0 aliphatic carbocycles. The average molecular weight is 1150 g/mol. The van der Waals surface area contributed by atoms with Crippen LogP contribution < -0.4 is 0 Å². The van der Waals surface area contributed by atoms with Crippen molar-refractivity contribution in [3.63, 3.8) is 0 Å². The van der Waals surface area contributed by atoms with Gasteiger partial charge < -0.3 is 47.5 Å². The molecule has 7 aromatic carbocycles. The van der Waals surface area contributed by atoms with Crippen molar-refractivity contribution in [2.75, 3.05) is 13.2 Å². The number of ether oxygens (including phenoxy) is 9. The van der Waals surface area contributed by atoms with Gasteiger partial charge in [0.15, 0.2) is 35.7 Å². The third-order valence-corrected chi connectivity index (χ3v) is 13.1. The normalized spacial score (nSPS) is 21.9. The van der Waals surface area contributed by atoms with Crippen molar-refractivity contribution in [2.45, 2.75) is 54.0 Å². The van der Waals surface area contributed by atoms with Crippen LogP contribution in [0.25, 0.3) is 0 Å². The van der Waals surface area contributed by atoms with Crippen molar-refractivity contribution in [3.05, 3.63) is 251 Å². The number of hydrogen-bond acceptors (Lipinski definition) is 18. The zero-order valence-electron chi connectivity index (χ0n) is 42.1. The molecule has 2 saturated heterocycles. The molecule has 2 aliphatic rings. The summed E-state index contributed by atoms with van der Waals surface area (Å²) in [7, 11) is 0. The molecule has 0 unspecified atom stereocenters. The van der Waals surface area contributed by atoms with Gasteiger partial charge in [-0.25, -0.2) is 33.6 Å². The van der Waals surface area contributed by atoms with Crippen LogP contribution in [-0.2, 0) is 47.5 Å². The molecule has 0 N–H and O–H groups in total. The summed E-state index contributed by atoms with van der Waals surface area (Å²) in [5, 5.41) is 2.80. The Balaban J connectivity index is 1.19. The number of benzene rings is 7. The van der Waals surface area contributed by atoms with Gasteiger partial charge in [0.1, 0.15) is 37.2 Å². The second-order valence-corrected chi connectivity index (χ2v) is 18.6. The van der Waals surface area contributed by atoms with Gasteiger partial charge in [0, 0.05) is 0 Å². The van der Waals surface area contributed by atoms with Crippen molar-refractivity contribution in [3.8, 4) is 0 Å². The molecule has 2 aliphatic heterocycles. The second kappa shape index (κ2) is 27.0. The zero-order chi connectivity index (χ0) is 55.8. The fourth-order valence-corrected chi connectivity index (χ4v) is 9.01. The molecule has 0 aromatic heterocycles. The Bertz CT molecular complexity index is 3270. The average Bonchev–Trinajstić information content (AvgIpc) is 3.51. The first-order chi connectivity index (χ1) is 39.0. The summed E-state index contributed by atoms with van der Waals surface area (Å²) in [4.78, 5) is 104. The van der Waals surface area contributed by atoms with Crippen LogP contribution in [0.2, 0.25) is 0 Å². The minimum absolute atomic E-state index is 0.00859. The van der Waals surface area contributed by atoms with Gasteiger partial charge in [-0.2, -0.15) is 0 Å². The van der Waals surface area contributed by atoms with Gasteiger partial charge in [-0.15, -0.1) is 0 Å². The highest BCUT2D eigenvalue weighted by Crippen LogP contribution is 2.36. The number of hydrogen-bond donors (Lipinski definition) is 0. The molecule has 9 atom stereocenters. The van der Waals surface area contributed by atoms with Crippen molar-refractivity contribution in [2.24, 2.45) is 5.16 Å². The molecule has 2 fully saturated rings. The Morgan fingerprint density at radius 3 is 1.06 bits per heavy atom. The zero-order valence-corrected chi connectivity index (χ0v) is 43.7. The summed E-state index contributed by atoms with van der Waals surface area (Å²) in [5.41, 5.74) is 0.226. The van der Waals surface area contributed by atoms with Crippen LogP contribution in [0.4, 0.5) is 0 Å². The van der Waals surface area contributed by atoms with E-state index >= 15 is 0 Å². The molecule has 0 amide bonds. The van der Waals surface area contributed by atoms with E-state index in [0.717, 1.165) is 0 Å². The van der Waals surface area contributed by atoms with Gasteiger partial charge in [0.05, 0.1) is 38.9 Å². The maximum Gasteiger partial charge on any atom is 0.365 e. The van der Waals surface area contributed by atoms with Gasteiger partial charge in [0.25, 0.3) is 0 Å². The molecule has 0 spiro atoms. The van der Waals surface area contributed by atoms with Crippen LogP contribution in [-0.4, -0.2) is 115 Å². The van der Waals surface area contributed by atoms with E-state index < -0.39 is 109 Å². The molecular weight excluding hydrogens is 1100 g/mol. The van der Waals surface area contributed by atoms with E-state index in [-0.39, 0.29) is 44.7 Å². The Hall–Kier alpha value is -9.14. The van der Waals surface area contributed by atoms with Crippen LogP contribution in [0.15, 0.2) is 217 Å². The molecule has 0 saturated carbocycles. The van der Waals surface area contributed by atoms with Crippen LogP contribution >= 0.6 is 15.9 Å². The van der Waals surface area contributed by atoms with Gasteiger partial charge >= 0.3 is 41.8 Å². The number of carbonyl (C=O) groups is 7. The number of nitrogens with zero attached hydrogens (tertiary/aromatic N) is 1. The molecule has 7 aromatic rings. The fourth-order valence-electron chi connectivity index (χ4n) is 8.39. The highest BCUT2D eigenvalue weighted by atomic mass is 79.9. The number of alkyl halides is 1. The Kier molecular flexibility index (Phi) is 18.7. The molecule has 0 radical (unpaired) electrons. The van der Waals surface area contributed by atoms with Crippen molar-refractivity contribution in [1.82, 2.24) is 0 Å². The maximum absolute atomic E-state index is 14.5. The van der Waals surface area contributed by atoms with Gasteiger partial charge in [-0.05, 0) is 84.9 Å². The number of oxime groups is 1. The molecule has 406 valence electrons. The molecule has 19 heteroatoms. The summed E-state index contributed by atoms with van der Waals surface area (Å²) in [6, 6.07) is 54.9. The third-order valence-electron chi connectivity index (χ3n) is 12.4. The second-order valence-electron chi connectivity index (χ2n) is 17.7. The Morgan fingerprint density at radius 1 is 0.362 bits per heavy atom. The van der Waals surface area contributed by atoms with Gasteiger partial charge in [-0.1, -0.05) is 148 Å². The van der Waals surface area contributed by atoms with Gasteiger partial charge in [-0.3, -0.25) is 0 Å². The van der Waals surface area contributed by atoms with Crippen LogP contribution in [0.3, 0.4) is 0 Å². The number of carbonyl (C=O) groups excluding carboxylic acids is 7. The van der Waals surface area contributed by atoms with E-state index in [9.17, 15) is 33.6 Å². The van der Waals surface area contributed by atoms with E-state index in [1.54, 1.807) is 127 Å². The third kappa shape index (κ3) is 14.1. The smallest absolute Gasteiger partial charge is 0.365 e. The van der Waals surface area contributed by atoms with Crippen LogP contribution in [0.1, 0.15) is 72.5 Å². The monoisotopic (exact) mass is 1150 g/mol. The Morgan fingerprint density at radius 2 is 0.675 bits per heavy atom. The molecule has 18 nitrogen and oxygen atoms in total. The molecular formula is C61H48BrNO17. The van der Waals surface area contributed by atoms with E-state index in [1.807, 2.05) is 0 Å². The van der Waals surface area contributed by atoms with Gasteiger partial charge in [0.2, 0.25) is 0 Å². The lowest BCUT2D eigenvalue weighted by molar-refractivity contribution is -0.322. The van der Waals surface area contributed by atoms with Crippen molar-refractivity contribution >= 4 is 63.4 Å². The minimum atomic E-state index is -2.03.